The maximum absolute atomic E-state index is 13.2. The SMILES string of the molecule is C[C@@H]1c2cccc(C(=O)N3CCC(C(=O)Nc4ccc5c(c4)OCO5)CC3)c2O[C@@H]1C. The lowest BCUT2D eigenvalue weighted by molar-refractivity contribution is -0.121. The fourth-order valence-electron chi connectivity index (χ4n) is 4.49. The number of benzene rings is 2. The molecule has 0 unspecified atom stereocenters. The van der Waals surface area contributed by atoms with Crippen molar-refractivity contribution in [1.82, 2.24) is 4.90 Å². The topological polar surface area (TPSA) is 77.1 Å². The number of likely N-dealkylation sites (tertiary alicyclic amines) is 1. The molecule has 7 heteroatoms. The van der Waals surface area contributed by atoms with Gasteiger partial charge in [-0.15, -0.1) is 0 Å². The van der Waals surface area contributed by atoms with Gasteiger partial charge in [-0.25, -0.2) is 0 Å². The second-order valence-corrected chi connectivity index (χ2v) is 8.46. The Labute approximate surface area is 181 Å². The number of anilines is 1. The molecular formula is C24H26N2O5. The van der Waals surface area contributed by atoms with E-state index in [1.807, 2.05) is 36.1 Å². The minimum absolute atomic E-state index is 0.0206. The molecule has 5 rings (SSSR count). The number of piperidine rings is 1. The van der Waals surface area contributed by atoms with Crippen LogP contribution in [0.25, 0.3) is 0 Å². The molecular weight excluding hydrogens is 396 g/mol. The number of carbonyl (C=O) groups is 2. The molecule has 0 spiro atoms. The number of para-hydroxylation sites is 1. The smallest absolute Gasteiger partial charge is 0.257 e. The van der Waals surface area contributed by atoms with Gasteiger partial charge in [0.05, 0.1) is 5.56 Å². The third kappa shape index (κ3) is 3.58. The number of rotatable bonds is 3. The van der Waals surface area contributed by atoms with Crippen molar-refractivity contribution in [3.63, 3.8) is 0 Å². The lowest BCUT2D eigenvalue weighted by Crippen LogP contribution is -2.41. The van der Waals surface area contributed by atoms with Gasteiger partial charge in [0.15, 0.2) is 11.5 Å². The van der Waals surface area contributed by atoms with E-state index in [9.17, 15) is 9.59 Å². The first-order valence-electron chi connectivity index (χ1n) is 10.8. The van der Waals surface area contributed by atoms with Crippen LogP contribution in [0.15, 0.2) is 36.4 Å². The van der Waals surface area contributed by atoms with Crippen LogP contribution in [-0.4, -0.2) is 42.7 Å². The number of amides is 2. The number of ether oxygens (including phenoxy) is 3. The summed E-state index contributed by atoms with van der Waals surface area (Å²) in [4.78, 5) is 27.7. The molecule has 2 aromatic rings. The van der Waals surface area contributed by atoms with E-state index in [1.165, 1.54) is 0 Å². The van der Waals surface area contributed by atoms with Crippen molar-refractivity contribution in [2.24, 2.45) is 5.92 Å². The Hall–Kier alpha value is -3.22. The molecule has 7 nitrogen and oxygen atoms in total. The summed E-state index contributed by atoms with van der Waals surface area (Å²) in [5.41, 5.74) is 2.40. The van der Waals surface area contributed by atoms with E-state index in [-0.39, 0.29) is 36.5 Å². The van der Waals surface area contributed by atoms with Crippen LogP contribution in [-0.2, 0) is 4.79 Å². The zero-order valence-electron chi connectivity index (χ0n) is 17.7. The number of nitrogens with zero attached hydrogens (tertiary/aromatic N) is 1. The normalized spacial score (nSPS) is 22.1. The first kappa shape index (κ1) is 19.7. The molecule has 3 heterocycles. The van der Waals surface area contributed by atoms with Crippen LogP contribution in [0.3, 0.4) is 0 Å². The Bertz CT molecular complexity index is 1030. The number of fused-ring (bicyclic) bond motifs is 2. The van der Waals surface area contributed by atoms with Gasteiger partial charge in [0.1, 0.15) is 11.9 Å². The molecule has 0 saturated carbocycles. The highest BCUT2D eigenvalue weighted by Crippen LogP contribution is 2.41. The first-order chi connectivity index (χ1) is 15.0. The minimum atomic E-state index is -0.132. The molecule has 0 radical (unpaired) electrons. The van der Waals surface area contributed by atoms with E-state index < -0.39 is 0 Å². The van der Waals surface area contributed by atoms with E-state index in [4.69, 9.17) is 14.2 Å². The van der Waals surface area contributed by atoms with Crippen LogP contribution in [0.5, 0.6) is 17.2 Å². The van der Waals surface area contributed by atoms with Crippen molar-refractivity contribution >= 4 is 17.5 Å². The maximum Gasteiger partial charge on any atom is 0.257 e. The summed E-state index contributed by atoms with van der Waals surface area (Å²) in [6, 6.07) is 11.2. The Balaban J connectivity index is 1.21. The van der Waals surface area contributed by atoms with Gasteiger partial charge in [0.25, 0.3) is 5.91 Å². The van der Waals surface area contributed by atoms with Gasteiger partial charge >= 0.3 is 0 Å². The predicted molar refractivity (Wildman–Crippen MR) is 115 cm³/mol. The third-order valence-electron chi connectivity index (χ3n) is 6.57. The molecule has 3 aliphatic rings. The quantitative estimate of drug-likeness (QED) is 0.814. The second kappa shape index (κ2) is 7.80. The molecule has 3 aliphatic heterocycles. The Morgan fingerprint density at radius 3 is 2.61 bits per heavy atom. The summed E-state index contributed by atoms with van der Waals surface area (Å²) in [5.74, 6) is 2.13. The average Bonchev–Trinajstić information content (AvgIpc) is 3.37. The first-order valence-corrected chi connectivity index (χ1v) is 10.8. The standard InChI is InChI=1S/C24H26N2O5/c1-14-15(2)31-22-18(14)4-3-5-19(22)24(28)26-10-8-16(9-11-26)23(27)25-17-6-7-20-21(12-17)30-13-29-20/h3-7,12,14-16H,8-11,13H2,1-2H3,(H,25,27)/t14-,15+/m0/s1. The number of carbonyl (C=O) groups excluding carboxylic acids is 2. The third-order valence-corrected chi connectivity index (χ3v) is 6.57. The second-order valence-electron chi connectivity index (χ2n) is 8.46. The van der Waals surface area contributed by atoms with Gasteiger partial charge in [-0.3, -0.25) is 9.59 Å². The number of hydrogen-bond acceptors (Lipinski definition) is 5. The van der Waals surface area contributed by atoms with E-state index >= 15 is 0 Å². The van der Waals surface area contributed by atoms with Gasteiger partial charge in [-0.05, 0) is 38.0 Å². The molecule has 0 bridgehead atoms. The van der Waals surface area contributed by atoms with Crippen molar-refractivity contribution in [2.75, 3.05) is 25.2 Å². The fraction of sp³-hybridized carbons (Fsp3) is 0.417. The van der Waals surface area contributed by atoms with Crippen LogP contribution >= 0.6 is 0 Å². The summed E-state index contributed by atoms with van der Waals surface area (Å²) >= 11 is 0. The molecule has 2 atom stereocenters. The van der Waals surface area contributed by atoms with Gasteiger partial charge in [0.2, 0.25) is 12.7 Å². The van der Waals surface area contributed by atoms with Crippen molar-refractivity contribution < 1.29 is 23.8 Å². The van der Waals surface area contributed by atoms with E-state index in [0.717, 1.165) is 11.3 Å². The molecule has 31 heavy (non-hydrogen) atoms. The van der Waals surface area contributed by atoms with Crippen LogP contribution in [0.4, 0.5) is 5.69 Å². The molecule has 0 aromatic heterocycles. The zero-order chi connectivity index (χ0) is 21.5. The fourth-order valence-corrected chi connectivity index (χ4v) is 4.49. The predicted octanol–water partition coefficient (Wildman–Crippen LogP) is 3.79. The number of nitrogens with one attached hydrogen (secondary N) is 1. The van der Waals surface area contributed by atoms with Crippen molar-refractivity contribution in [2.45, 2.75) is 38.7 Å². The van der Waals surface area contributed by atoms with E-state index in [0.29, 0.717) is 48.7 Å². The Morgan fingerprint density at radius 2 is 1.81 bits per heavy atom. The largest absolute Gasteiger partial charge is 0.489 e. The molecule has 2 aromatic carbocycles. The average molecular weight is 422 g/mol. The highest BCUT2D eigenvalue weighted by atomic mass is 16.7. The van der Waals surface area contributed by atoms with Crippen molar-refractivity contribution in [3.8, 4) is 17.2 Å². The molecule has 1 saturated heterocycles. The summed E-state index contributed by atoms with van der Waals surface area (Å²) in [7, 11) is 0. The summed E-state index contributed by atoms with van der Waals surface area (Å²) < 4.78 is 16.7. The molecule has 0 aliphatic carbocycles. The maximum atomic E-state index is 13.2. The van der Waals surface area contributed by atoms with Gasteiger partial charge < -0.3 is 24.4 Å². The summed E-state index contributed by atoms with van der Waals surface area (Å²) in [6.45, 7) is 5.45. The van der Waals surface area contributed by atoms with Gasteiger partial charge in [-0.1, -0.05) is 19.1 Å². The lowest BCUT2D eigenvalue weighted by atomic mass is 9.94. The van der Waals surface area contributed by atoms with Gasteiger partial charge in [0, 0.05) is 42.2 Å². The zero-order valence-corrected chi connectivity index (χ0v) is 17.7. The molecule has 162 valence electrons. The van der Waals surface area contributed by atoms with E-state index in [2.05, 4.69) is 12.2 Å². The van der Waals surface area contributed by atoms with Crippen LogP contribution in [0.1, 0.15) is 48.5 Å². The Kier molecular flexibility index (Phi) is 4.96. The monoisotopic (exact) mass is 422 g/mol. The Morgan fingerprint density at radius 1 is 1.03 bits per heavy atom. The molecule has 1 fully saturated rings. The van der Waals surface area contributed by atoms with Crippen LogP contribution < -0.4 is 19.5 Å². The summed E-state index contributed by atoms with van der Waals surface area (Å²) in [5, 5.41) is 2.96. The van der Waals surface area contributed by atoms with E-state index in [1.54, 1.807) is 12.1 Å². The lowest BCUT2D eigenvalue weighted by Gasteiger charge is -2.31. The highest BCUT2D eigenvalue weighted by molar-refractivity contribution is 5.98. The highest BCUT2D eigenvalue weighted by Gasteiger charge is 2.34. The molecule has 1 N–H and O–H groups in total. The van der Waals surface area contributed by atoms with Crippen molar-refractivity contribution in [3.05, 3.63) is 47.5 Å². The van der Waals surface area contributed by atoms with Crippen LogP contribution in [0.2, 0.25) is 0 Å². The minimum Gasteiger partial charge on any atom is -0.489 e. The van der Waals surface area contributed by atoms with Crippen LogP contribution in [0, 0.1) is 5.92 Å². The molecule has 2 amide bonds. The van der Waals surface area contributed by atoms with Crippen molar-refractivity contribution in [1.29, 1.82) is 0 Å². The van der Waals surface area contributed by atoms with Gasteiger partial charge in [-0.2, -0.15) is 0 Å². The number of hydrogen-bond donors (Lipinski definition) is 1. The summed E-state index contributed by atoms with van der Waals surface area (Å²) in [6.07, 6.45) is 1.32.